The van der Waals surface area contributed by atoms with Crippen molar-refractivity contribution in [2.45, 2.75) is 39.7 Å². The Labute approximate surface area is 158 Å². The van der Waals surface area contributed by atoms with Crippen LogP contribution in [-0.4, -0.2) is 21.9 Å². The van der Waals surface area contributed by atoms with E-state index in [2.05, 4.69) is 15.3 Å². The number of ether oxygens (including phenoxy) is 1. The minimum Gasteiger partial charge on any atom is -0.440 e. The molecule has 3 rings (SSSR count). The Morgan fingerprint density at radius 2 is 2.04 bits per heavy atom. The van der Waals surface area contributed by atoms with Gasteiger partial charge in [-0.05, 0) is 30.7 Å². The Kier molecular flexibility index (Phi) is 5.54. The molecule has 0 saturated carbocycles. The molecule has 0 unspecified atom stereocenters. The molecule has 1 amide bonds. The molecule has 0 saturated heterocycles. The molecule has 1 atom stereocenters. The molecule has 6 heteroatoms. The first kappa shape index (κ1) is 18.6. The molecule has 0 fully saturated rings. The van der Waals surface area contributed by atoms with Crippen LogP contribution in [0.1, 0.15) is 45.1 Å². The van der Waals surface area contributed by atoms with Gasteiger partial charge in [0, 0.05) is 37.2 Å². The van der Waals surface area contributed by atoms with Crippen molar-refractivity contribution in [3.8, 4) is 11.6 Å². The Morgan fingerprint density at radius 3 is 2.70 bits per heavy atom. The normalized spacial score (nSPS) is 12.6. The van der Waals surface area contributed by atoms with E-state index in [4.69, 9.17) is 9.15 Å². The number of pyridine rings is 1. The molecule has 1 aromatic carbocycles. The minimum absolute atomic E-state index is 0.0391. The van der Waals surface area contributed by atoms with Gasteiger partial charge in [0.05, 0.1) is 0 Å². The summed E-state index contributed by atoms with van der Waals surface area (Å²) in [7, 11) is 0. The van der Waals surface area contributed by atoms with Gasteiger partial charge in [0.2, 0.25) is 11.8 Å². The van der Waals surface area contributed by atoms with Gasteiger partial charge in [0.15, 0.2) is 11.5 Å². The van der Waals surface area contributed by atoms with Crippen molar-refractivity contribution in [3.63, 3.8) is 0 Å². The smallest absolute Gasteiger partial charge is 0.219 e. The summed E-state index contributed by atoms with van der Waals surface area (Å²) in [5.74, 6) is 2.02. The highest BCUT2D eigenvalue weighted by molar-refractivity contribution is 5.74. The molecule has 0 aliphatic heterocycles. The van der Waals surface area contributed by atoms with E-state index in [1.807, 2.05) is 57.2 Å². The van der Waals surface area contributed by atoms with Crippen LogP contribution in [0.4, 0.5) is 0 Å². The van der Waals surface area contributed by atoms with Crippen molar-refractivity contribution >= 4 is 23.1 Å². The lowest BCUT2D eigenvalue weighted by Gasteiger charge is -2.07. The zero-order chi connectivity index (χ0) is 19.4. The summed E-state index contributed by atoms with van der Waals surface area (Å²) in [4.78, 5) is 19.8. The van der Waals surface area contributed by atoms with Crippen LogP contribution in [-0.2, 0) is 4.79 Å². The van der Waals surface area contributed by atoms with E-state index in [9.17, 15) is 4.79 Å². The second kappa shape index (κ2) is 8.03. The number of carbonyl (C=O) groups is 1. The van der Waals surface area contributed by atoms with Crippen molar-refractivity contribution in [1.82, 2.24) is 15.3 Å². The van der Waals surface area contributed by atoms with E-state index in [-0.39, 0.29) is 17.9 Å². The zero-order valence-electron chi connectivity index (χ0n) is 15.9. The topological polar surface area (TPSA) is 77.2 Å². The van der Waals surface area contributed by atoms with E-state index in [1.165, 1.54) is 6.92 Å². The predicted octanol–water partition coefficient (Wildman–Crippen LogP) is 4.68. The van der Waals surface area contributed by atoms with Crippen molar-refractivity contribution in [1.29, 1.82) is 0 Å². The first-order valence-electron chi connectivity index (χ1n) is 8.90. The summed E-state index contributed by atoms with van der Waals surface area (Å²) in [6.07, 6.45) is 5.53. The fourth-order valence-electron chi connectivity index (χ4n) is 2.53. The van der Waals surface area contributed by atoms with E-state index in [0.29, 0.717) is 23.1 Å². The quantitative estimate of drug-likeness (QED) is 0.686. The van der Waals surface area contributed by atoms with Crippen molar-refractivity contribution in [2.75, 3.05) is 0 Å². The van der Waals surface area contributed by atoms with Crippen LogP contribution in [0.3, 0.4) is 0 Å². The molecule has 3 aromatic rings. The lowest BCUT2D eigenvalue weighted by molar-refractivity contribution is -0.119. The maximum absolute atomic E-state index is 11.0. The second-order valence-corrected chi connectivity index (χ2v) is 6.72. The number of hydrogen-bond donors (Lipinski definition) is 1. The van der Waals surface area contributed by atoms with Crippen LogP contribution in [0.15, 0.2) is 47.0 Å². The predicted molar refractivity (Wildman–Crippen MR) is 105 cm³/mol. The molecule has 0 radical (unpaired) electrons. The van der Waals surface area contributed by atoms with Crippen LogP contribution in [0.25, 0.3) is 17.2 Å². The average Bonchev–Trinajstić information content (AvgIpc) is 3.04. The summed E-state index contributed by atoms with van der Waals surface area (Å²) in [6, 6.07) is 9.21. The van der Waals surface area contributed by atoms with Crippen molar-refractivity contribution in [3.05, 3.63) is 54.1 Å². The number of benzene rings is 1. The maximum Gasteiger partial charge on any atom is 0.219 e. The summed E-state index contributed by atoms with van der Waals surface area (Å²) >= 11 is 0. The molecule has 6 nitrogen and oxygen atoms in total. The van der Waals surface area contributed by atoms with E-state index >= 15 is 0 Å². The van der Waals surface area contributed by atoms with Gasteiger partial charge in [-0.3, -0.25) is 4.79 Å². The molecule has 1 N–H and O–H groups in total. The number of oxazole rings is 1. The van der Waals surface area contributed by atoms with Crippen molar-refractivity contribution < 1.29 is 13.9 Å². The van der Waals surface area contributed by atoms with Gasteiger partial charge in [-0.1, -0.05) is 26.0 Å². The van der Waals surface area contributed by atoms with Crippen molar-refractivity contribution in [2.24, 2.45) is 0 Å². The van der Waals surface area contributed by atoms with Gasteiger partial charge in [-0.15, -0.1) is 0 Å². The maximum atomic E-state index is 11.0. The number of rotatable bonds is 6. The zero-order valence-corrected chi connectivity index (χ0v) is 15.9. The first-order valence-corrected chi connectivity index (χ1v) is 8.90. The molecule has 2 heterocycles. The Balaban J connectivity index is 1.68. The van der Waals surface area contributed by atoms with Crippen LogP contribution in [0.5, 0.6) is 11.6 Å². The Bertz CT molecular complexity index is 958. The highest BCUT2D eigenvalue weighted by Crippen LogP contribution is 2.27. The third kappa shape index (κ3) is 4.94. The lowest BCUT2D eigenvalue weighted by Crippen LogP contribution is -2.28. The molecule has 140 valence electrons. The molecule has 0 bridgehead atoms. The summed E-state index contributed by atoms with van der Waals surface area (Å²) < 4.78 is 11.6. The monoisotopic (exact) mass is 365 g/mol. The highest BCUT2D eigenvalue weighted by Gasteiger charge is 2.10. The summed E-state index contributed by atoms with van der Waals surface area (Å²) in [5, 5.41) is 2.80. The average molecular weight is 365 g/mol. The molecule has 0 aliphatic rings. The fraction of sp³-hybridized carbons (Fsp3) is 0.286. The van der Waals surface area contributed by atoms with Crippen LogP contribution >= 0.6 is 0 Å². The number of aromatic nitrogens is 2. The standard InChI is InChI=1S/C21H23N3O3/c1-13(2)21-24-18-9-8-17(11-19(18)27-21)26-20-10-7-16(12-22-20)6-5-14(3)23-15(4)25/h5-14H,1-4H3,(H,23,25)/b6-5+/t14-/m0/s1. The first-order chi connectivity index (χ1) is 12.9. The Hall–Kier alpha value is -3.15. The molecular formula is C21H23N3O3. The van der Waals surface area contributed by atoms with E-state index in [0.717, 1.165) is 11.1 Å². The third-order valence-electron chi connectivity index (χ3n) is 3.86. The van der Waals surface area contributed by atoms with Crippen LogP contribution in [0, 0.1) is 0 Å². The number of fused-ring (bicyclic) bond motifs is 1. The number of carbonyl (C=O) groups excluding carboxylic acids is 1. The highest BCUT2D eigenvalue weighted by atomic mass is 16.5. The fourth-order valence-corrected chi connectivity index (χ4v) is 2.53. The Morgan fingerprint density at radius 1 is 1.22 bits per heavy atom. The van der Waals surface area contributed by atoms with E-state index < -0.39 is 0 Å². The van der Waals surface area contributed by atoms with Crippen LogP contribution in [0.2, 0.25) is 0 Å². The third-order valence-corrected chi connectivity index (χ3v) is 3.86. The summed E-state index contributed by atoms with van der Waals surface area (Å²) in [5.41, 5.74) is 2.43. The van der Waals surface area contributed by atoms with Gasteiger partial charge in [-0.2, -0.15) is 0 Å². The molecule has 0 aliphatic carbocycles. The minimum atomic E-state index is -0.0572. The number of amides is 1. The lowest BCUT2D eigenvalue weighted by atomic mass is 10.2. The number of hydrogen-bond acceptors (Lipinski definition) is 5. The van der Waals surface area contributed by atoms with Crippen LogP contribution < -0.4 is 10.1 Å². The van der Waals surface area contributed by atoms with Gasteiger partial charge in [-0.25, -0.2) is 9.97 Å². The summed E-state index contributed by atoms with van der Waals surface area (Å²) in [6.45, 7) is 7.49. The molecule has 27 heavy (non-hydrogen) atoms. The second-order valence-electron chi connectivity index (χ2n) is 6.72. The van der Waals surface area contributed by atoms with Gasteiger partial charge in [0.25, 0.3) is 0 Å². The van der Waals surface area contributed by atoms with Gasteiger partial charge < -0.3 is 14.5 Å². The molecular weight excluding hydrogens is 342 g/mol. The molecule has 0 spiro atoms. The van der Waals surface area contributed by atoms with E-state index in [1.54, 1.807) is 12.3 Å². The number of nitrogens with zero attached hydrogens (tertiary/aromatic N) is 2. The SMILES string of the molecule is CC(=O)N[C@@H](C)/C=C/c1ccc(Oc2ccc3nc(C(C)C)oc3c2)nc1. The van der Waals surface area contributed by atoms with Gasteiger partial charge in [0.1, 0.15) is 11.3 Å². The van der Waals surface area contributed by atoms with Gasteiger partial charge >= 0.3 is 0 Å². The largest absolute Gasteiger partial charge is 0.440 e. The molecule has 2 aromatic heterocycles. The number of nitrogens with one attached hydrogen (secondary N) is 1.